The third-order valence-electron chi connectivity index (χ3n) is 10.8. The minimum Gasteiger partial charge on any atom is -0.466 e. The number of carbonyl (C=O) groups excluding carboxylic acids is 4. The van der Waals surface area contributed by atoms with E-state index in [0.717, 1.165) is 57.2 Å². The number of H-pyrrole nitrogens is 2. The lowest BCUT2D eigenvalue weighted by molar-refractivity contribution is -0.144. The normalized spacial score (nSPS) is 15.0. The molecule has 0 fully saturated rings. The van der Waals surface area contributed by atoms with Gasteiger partial charge in [-0.15, -0.1) is 0 Å². The molecule has 5 heterocycles. The standard InChI is InChI=1S/C44H57N5O8/c1-10-15-18-45-44(53)57-23-31-26(8)32-20-34-25(7)29(16-17-38(50)54-12-3)41(48-34)30(19-39(51)55-13-4)42-40(43(52)56-14-5)27(9)35(49-42)22-36-28(11-2)24(6)33(46-36)21-37(31)47-32/h20-22,25,29,46-47H,10-19,23H2,1-9H3,(H,45,53)/t25-,29-/m0/s1. The zero-order chi connectivity index (χ0) is 41.4. The molecule has 1 amide bonds. The summed E-state index contributed by atoms with van der Waals surface area (Å²) in [6, 6.07) is 5.93. The molecule has 0 radical (unpaired) electrons. The number of nitrogens with one attached hydrogen (secondary N) is 3. The molecule has 13 nitrogen and oxygen atoms in total. The quantitative estimate of drug-likeness (QED) is 0.0772. The number of aryl methyl sites for hydroxylation is 3. The van der Waals surface area contributed by atoms with E-state index in [1.165, 1.54) is 0 Å². The molecule has 2 atom stereocenters. The van der Waals surface area contributed by atoms with Crippen molar-refractivity contribution >= 4 is 57.2 Å². The molecular weight excluding hydrogens is 727 g/mol. The van der Waals surface area contributed by atoms with Gasteiger partial charge >= 0.3 is 24.0 Å². The Morgan fingerprint density at radius 3 is 2.07 bits per heavy atom. The summed E-state index contributed by atoms with van der Waals surface area (Å²) in [4.78, 5) is 70.3. The van der Waals surface area contributed by atoms with Gasteiger partial charge in [0, 0.05) is 63.7 Å². The minimum absolute atomic E-state index is 0.0358. The smallest absolute Gasteiger partial charge is 0.407 e. The SMILES string of the molecule is CCCCNC(=O)OCc1c(C)c2cc3nc(c(CC(=O)OCC)c4nc(cc5[nH]c(cc1[nH]2)c(C)c5CC)C(C)=C4C(=O)OCC)[C@@H](CCC(=O)OCC)[C@@H]3C. The number of hydrogen-bond donors (Lipinski definition) is 3. The number of alkyl carbamates (subject to hydrolysis) is 1. The number of nitrogens with zero attached hydrogens (tertiary/aromatic N) is 2. The van der Waals surface area contributed by atoms with E-state index >= 15 is 0 Å². The summed E-state index contributed by atoms with van der Waals surface area (Å²) in [7, 11) is 0. The van der Waals surface area contributed by atoms with Gasteiger partial charge in [0.25, 0.3) is 0 Å². The maximum Gasteiger partial charge on any atom is 0.407 e. The van der Waals surface area contributed by atoms with Gasteiger partial charge < -0.3 is 34.2 Å². The van der Waals surface area contributed by atoms with E-state index in [1.54, 1.807) is 20.8 Å². The number of amides is 1. The molecule has 3 aromatic heterocycles. The summed E-state index contributed by atoms with van der Waals surface area (Å²) < 4.78 is 22.1. The molecule has 2 aliphatic heterocycles. The van der Waals surface area contributed by atoms with Gasteiger partial charge in [0.05, 0.1) is 48.9 Å². The monoisotopic (exact) mass is 783 g/mol. The molecule has 0 unspecified atom stereocenters. The predicted octanol–water partition coefficient (Wildman–Crippen LogP) is 8.35. The van der Waals surface area contributed by atoms with Crippen molar-refractivity contribution in [3.63, 3.8) is 0 Å². The third kappa shape index (κ3) is 9.40. The molecule has 13 heteroatoms. The number of ether oxygens (including phenoxy) is 4. The number of rotatable bonds is 15. The maximum atomic E-state index is 13.8. The molecule has 306 valence electrons. The lowest BCUT2D eigenvalue weighted by Crippen LogP contribution is -2.25. The molecule has 0 aliphatic carbocycles. The Kier molecular flexibility index (Phi) is 14.3. The Labute approximate surface area is 334 Å². The maximum absolute atomic E-state index is 13.8. The van der Waals surface area contributed by atoms with Crippen LogP contribution in [0.25, 0.3) is 33.2 Å². The van der Waals surface area contributed by atoms with Gasteiger partial charge in [0.2, 0.25) is 0 Å². The van der Waals surface area contributed by atoms with Gasteiger partial charge in [0.15, 0.2) is 0 Å². The topological polar surface area (TPSA) is 175 Å². The molecule has 3 aromatic rings. The van der Waals surface area contributed by atoms with E-state index in [9.17, 15) is 19.2 Å². The highest BCUT2D eigenvalue weighted by Gasteiger charge is 2.36. The summed E-state index contributed by atoms with van der Waals surface area (Å²) in [5.41, 5.74) is 10.4. The van der Waals surface area contributed by atoms with Crippen LogP contribution in [0.4, 0.5) is 4.79 Å². The van der Waals surface area contributed by atoms with E-state index in [0.29, 0.717) is 53.3 Å². The van der Waals surface area contributed by atoms with E-state index in [2.05, 4.69) is 36.1 Å². The molecule has 57 heavy (non-hydrogen) atoms. The fraction of sp³-hybridized carbons (Fsp3) is 0.500. The zero-order valence-corrected chi connectivity index (χ0v) is 34.8. The van der Waals surface area contributed by atoms with Crippen LogP contribution in [-0.4, -0.2) is 70.3 Å². The summed E-state index contributed by atoms with van der Waals surface area (Å²) in [5, 5.41) is 2.83. The summed E-state index contributed by atoms with van der Waals surface area (Å²) in [6.45, 7) is 18.4. The molecule has 0 saturated heterocycles. The van der Waals surface area contributed by atoms with Crippen molar-refractivity contribution < 1.29 is 38.1 Å². The summed E-state index contributed by atoms with van der Waals surface area (Å²) >= 11 is 0. The second kappa shape index (κ2) is 19.1. The van der Waals surface area contributed by atoms with Crippen molar-refractivity contribution in [3.8, 4) is 0 Å². The molecule has 3 N–H and O–H groups in total. The van der Waals surface area contributed by atoms with Crippen LogP contribution in [0.2, 0.25) is 0 Å². The van der Waals surface area contributed by atoms with Crippen LogP contribution in [0.5, 0.6) is 0 Å². The largest absolute Gasteiger partial charge is 0.466 e. The van der Waals surface area contributed by atoms with Crippen LogP contribution in [0, 0.1) is 13.8 Å². The average Bonchev–Trinajstić information content (AvgIpc) is 3.85. The molecule has 5 rings (SSSR count). The average molecular weight is 784 g/mol. The Morgan fingerprint density at radius 1 is 0.754 bits per heavy atom. The van der Waals surface area contributed by atoms with Gasteiger partial charge in [-0.3, -0.25) is 14.6 Å². The molecular formula is C44H57N5O8. The number of carbonyl (C=O) groups is 4. The number of aromatic nitrogens is 4. The van der Waals surface area contributed by atoms with Crippen LogP contribution in [-0.2, 0) is 52.8 Å². The predicted molar refractivity (Wildman–Crippen MR) is 219 cm³/mol. The van der Waals surface area contributed by atoms with E-state index in [4.69, 9.17) is 28.9 Å². The van der Waals surface area contributed by atoms with E-state index in [-0.39, 0.29) is 62.6 Å². The second-order valence-corrected chi connectivity index (χ2v) is 14.4. The first-order valence-electron chi connectivity index (χ1n) is 20.2. The number of hydrogen-bond acceptors (Lipinski definition) is 10. The molecule has 0 saturated carbocycles. The summed E-state index contributed by atoms with van der Waals surface area (Å²) in [6.07, 6.45) is 2.31. The van der Waals surface area contributed by atoms with Crippen LogP contribution < -0.4 is 5.32 Å². The Bertz CT molecular complexity index is 2210. The molecule has 2 aliphatic rings. The van der Waals surface area contributed by atoms with Crippen LogP contribution in [0.15, 0.2) is 18.2 Å². The molecule has 0 aromatic carbocycles. The van der Waals surface area contributed by atoms with Crippen molar-refractivity contribution in [2.75, 3.05) is 26.4 Å². The second-order valence-electron chi connectivity index (χ2n) is 14.4. The van der Waals surface area contributed by atoms with Crippen molar-refractivity contribution in [3.05, 3.63) is 68.8 Å². The fourth-order valence-corrected chi connectivity index (χ4v) is 7.66. The van der Waals surface area contributed by atoms with Crippen molar-refractivity contribution in [2.45, 2.75) is 119 Å². The van der Waals surface area contributed by atoms with Gasteiger partial charge in [0.1, 0.15) is 6.61 Å². The number of aromatic amines is 2. The van der Waals surface area contributed by atoms with Gasteiger partial charge in [-0.25, -0.2) is 14.6 Å². The van der Waals surface area contributed by atoms with E-state index < -0.39 is 18.0 Å². The highest BCUT2D eigenvalue weighted by molar-refractivity contribution is 6.25. The Morgan fingerprint density at radius 2 is 1.40 bits per heavy atom. The van der Waals surface area contributed by atoms with Crippen molar-refractivity contribution in [1.82, 2.24) is 25.3 Å². The van der Waals surface area contributed by atoms with E-state index in [1.807, 2.05) is 39.0 Å². The first kappa shape index (κ1) is 42.7. The van der Waals surface area contributed by atoms with Crippen LogP contribution in [0.3, 0.4) is 0 Å². The molecule has 8 bridgehead atoms. The highest BCUT2D eigenvalue weighted by atomic mass is 16.6. The first-order chi connectivity index (χ1) is 27.4. The fourth-order valence-electron chi connectivity index (χ4n) is 7.66. The lowest BCUT2D eigenvalue weighted by Gasteiger charge is -2.18. The lowest BCUT2D eigenvalue weighted by atomic mass is 9.84. The van der Waals surface area contributed by atoms with Crippen LogP contribution >= 0.6 is 0 Å². The Balaban J connectivity index is 1.91. The van der Waals surface area contributed by atoms with Gasteiger partial charge in [-0.2, -0.15) is 0 Å². The number of esters is 3. The third-order valence-corrected chi connectivity index (χ3v) is 10.8. The Hall–Kier alpha value is -5.46. The number of fused-ring (bicyclic) bond motifs is 8. The van der Waals surface area contributed by atoms with Crippen molar-refractivity contribution in [2.24, 2.45) is 0 Å². The minimum atomic E-state index is -0.558. The van der Waals surface area contributed by atoms with Gasteiger partial charge in [-0.05, 0) is 101 Å². The summed E-state index contributed by atoms with van der Waals surface area (Å²) in [5.74, 6) is -1.97. The van der Waals surface area contributed by atoms with Crippen molar-refractivity contribution in [1.29, 1.82) is 0 Å². The highest BCUT2D eigenvalue weighted by Crippen LogP contribution is 2.44. The molecule has 0 spiro atoms. The van der Waals surface area contributed by atoms with Crippen LogP contribution in [0.1, 0.15) is 137 Å². The van der Waals surface area contributed by atoms with Gasteiger partial charge in [-0.1, -0.05) is 27.2 Å². The zero-order valence-electron chi connectivity index (χ0n) is 34.8. The first-order valence-corrected chi connectivity index (χ1v) is 20.2. The number of unbranched alkanes of at least 4 members (excludes halogenated alkanes) is 1. The number of allylic oxidation sites excluding steroid dienone is 1.